The molecular formula is C25H30ClN7O4. The van der Waals surface area contributed by atoms with E-state index in [2.05, 4.69) is 20.9 Å². The number of amides is 3. The number of aromatic nitrogens is 3. The molecule has 1 aliphatic rings. The number of anilines is 1. The number of benzene rings is 2. The average Bonchev–Trinajstić information content (AvgIpc) is 3.56. The van der Waals surface area contributed by atoms with Gasteiger partial charge in [-0.25, -0.2) is 4.79 Å². The number of likely N-dealkylation sites (tertiary alicyclic amines) is 1. The fourth-order valence-corrected chi connectivity index (χ4v) is 4.26. The Labute approximate surface area is 219 Å². The van der Waals surface area contributed by atoms with E-state index < -0.39 is 12.1 Å². The van der Waals surface area contributed by atoms with Gasteiger partial charge in [0.05, 0.1) is 25.3 Å². The van der Waals surface area contributed by atoms with E-state index in [9.17, 15) is 14.7 Å². The third-order valence-corrected chi connectivity index (χ3v) is 6.27. The molecule has 0 aliphatic carbocycles. The summed E-state index contributed by atoms with van der Waals surface area (Å²) in [5.74, 6) is 0.382. The zero-order valence-electron chi connectivity index (χ0n) is 20.2. The van der Waals surface area contributed by atoms with Crippen LogP contribution in [0, 0.1) is 0 Å². The molecule has 11 nitrogen and oxygen atoms in total. The van der Waals surface area contributed by atoms with Crippen LogP contribution in [0.1, 0.15) is 30.2 Å². The van der Waals surface area contributed by atoms with Crippen LogP contribution in [0.5, 0.6) is 5.75 Å². The van der Waals surface area contributed by atoms with Gasteiger partial charge in [0.2, 0.25) is 5.91 Å². The number of carbonyl (C=O) groups excluding carboxylic acids is 2. The second-order valence-corrected chi connectivity index (χ2v) is 9.25. The molecule has 1 aromatic heterocycles. The maximum absolute atomic E-state index is 12.8. The van der Waals surface area contributed by atoms with Gasteiger partial charge in [0.25, 0.3) is 0 Å². The number of halogens is 1. The molecule has 2 aromatic carbocycles. The molecule has 0 spiro atoms. The molecule has 5 N–H and O–H groups in total. The van der Waals surface area contributed by atoms with Crippen LogP contribution in [-0.2, 0) is 17.9 Å². The number of hydrogen-bond donors (Lipinski definition) is 4. The van der Waals surface area contributed by atoms with Crippen molar-refractivity contribution in [2.24, 2.45) is 0 Å². The Morgan fingerprint density at radius 3 is 2.81 bits per heavy atom. The number of nitrogens with two attached hydrogens (primary N) is 1. The molecule has 3 aromatic rings. The van der Waals surface area contributed by atoms with Crippen molar-refractivity contribution in [3.05, 3.63) is 71.0 Å². The van der Waals surface area contributed by atoms with Gasteiger partial charge in [0, 0.05) is 23.8 Å². The number of aliphatic hydroxyl groups is 1. The SMILES string of the molecule is Nc1ccc(CNC(=O)NCC(=O)N2CCC[C@@H]2Cn2cc(C(O)COc3cccc(Cl)c3)nn2)cc1. The van der Waals surface area contributed by atoms with Gasteiger partial charge in [-0.1, -0.05) is 35.0 Å². The van der Waals surface area contributed by atoms with Crippen molar-refractivity contribution >= 4 is 29.2 Å². The number of hydrogen-bond acceptors (Lipinski definition) is 7. The Balaban J connectivity index is 1.22. The lowest BCUT2D eigenvalue weighted by atomic mass is 10.2. The van der Waals surface area contributed by atoms with E-state index in [0.717, 1.165) is 18.4 Å². The minimum absolute atomic E-state index is 0.000856. The van der Waals surface area contributed by atoms with E-state index in [0.29, 0.717) is 41.8 Å². The van der Waals surface area contributed by atoms with Gasteiger partial charge >= 0.3 is 6.03 Å². The van der Waals surface area contributed by atoms with Gasteiger partial charge in [-0.2, -0.15) is 0 Å². The Bertz CT molecular complexity index is 1200. The normalized spacial score (nSPS) is 15.8. The van der Waals surface area contributed by atoms with Crippen molar-refractivity contribution in [3.8, 4) is 5.75 Å². The molecule has 4 rings (SSSR count). The number of urea groups is 1. The zero-order chi connectivity index (χ0) is 26.2. The Kier molecular flexibility index (Phi) is 8.81. The Morgan fingerprint density at radius 2 is 2.03 bits per heavy atom. The van der Waals surface area contributed by atoms with E-state index in [1.165, 1.54) is 0 Å². The van der Waals surface area contributed by atoms with Crippen molar-refractivity contribution in [2.75, 3.05) is 25.4 Å². The highest BCUT2D eigenvalue weighted by Crippen LogP contribution is 2.21. The van der Waals surface area contributed by atoms with Crippen molar-refractivity contribution in [2.45, 2.75) is 38.1 Å². The molecule has 196 valence electrons. The highest BCUT2D eigenvalue weighted by atomic mass is 35.5. The second kappa shape index (κ2) is 12.4. The Hall–Kier alpha value is -3.83. The largest absolute Gasteiger partial charge is 0.490 e. The summed E-state index contributed by atoms with van der Waals surface area (Å²) >= 11 is 5.95. The second-order valence-electron chi connectivity index (χ2n) is 8.81. The Morgan fingerprint density at radius 1 is 1.22 bits per heavy atom. The van der Waals surface area contributed by atoms with Gasteiger partial charge in [-0.05, 0) is 48.7 Å². The first-order valence-electron chi connectivity index (χ1n) is 12.0. The van der Waals surface area contributed by atoms with Crippen molar-refractivity contribution in [1.82, 2.24) is 30.5 Å². The van der Waals surface area contributed by atoms with Gasteiger partial charge in [-0.3, -0.25) is 9.48 Å². The lowest BCUT2D eigenvalue weighted by Crippen LogP contribution is -2.46. The number of carbonyl (C=O) groups is 2. The number of nitrogens with one attached hydrogen (secondary N) is 2. The third-order valence-electron chi connectivity index (χ3n) is 6.03. The van der Waals surface area contributed by atoms with Crippen LogP contribution in [0.15, 0.2) is 54.7 Å². The maximum atomic E-state index is 12.8. The van der Waals surface area contributed by atoms with Crippen LogP contribution in [0.3, 0.4) is 0 Å². The number of ether oxygens (including phenoxy) is 1. The summed E-state index contributed by atoms with van der Waals surface area (Å²) < 4.78 is 7.19. The van der Waals surface area contributed by atoms with Crippen LogP contribution >= 0.6 is 11.6 Å². The molecule has 0 radical (unpaired) electrons. The first-order chi connectivity index (χ1) is 17.9. The van der Waals surface area contributed by atoms with Crippen LogP contribution in [0.25, 0.3) is 0 Å². The van der Waals surface area contributed by atoms with Gasteiger partial charge < -0.3 is 31.1 Å². The first-order valence-corrected chi connectivity index (χ1v) is 12.4. The molecule has 1 saturated heterocycles. The van der Waals surface area contributed by atoms with Crippen LogP contribution in [0.2, 0.25) is 5.02 Å². The number of aliphatic hydroxyl groups excluding tert-OH is 1. The number of nitrogens with zero attached hydrogens (tertiary/aromatic N) is 4. The zero-order valence-corrected chi connectivity index (χ0v) is 21.0. The standard InChI is InChI=1S/C25H30ClN7O4/c26-18-3-1-5-21(11-18)37-16-23(34)22-15-32(31-30-22)14-20-4-2-10-33(20)24(35)13-29-25(36)28-12-17-6-8-19(27)9-7-17/h1,3,5-9,11,15,20,23,34H,2,4,10,12-14,16,27H2,(H2,28,29,36)/t20-,23?/m1/s1. The van der Waals surface area contributed by atoms with Crippen LogP contribution in [-0.4, -0.2) is 62.7 Å². The van der Waals surface area contributed by atoms with Crippen LogP contribution < -0.4 is 21.1 Å². The van der Waals surface area contributed by atoms with Crippen molar-refractivity contribution in [3.63, 3.8) is 0 Å². The highest BCUT2D eigenvalue weighted by Gasteiger charge is 2.29. The molecular weight excluding hydrogens is 498 g/mol. The van der Waals surface area contributed by atoms with Gasteiger partial charge in [0.15, 0.2) is 0 Å². The minimum atomic E-state index is -0.968. The lowest BCUT2D eigenvalue weighted by molar-refractivity contribution is -0.131. The molecule has 2 atom stereocenters. The predicted molar refractivity (Wildman–Crippen MR) is 138 cm³/mol. The fraction of sp³-hybridized carbons (Fsp3) is 0.360. The summed E-state index contributed by atoms with van der Waals surface area (Å²) in [6, 6.07) is 13.6. The molecule has 1 fully saturated rings. The molecule has 1 unspecified atom stereocenters. The summed E-state index contributed by atoms with van der Waals surface area (Å²) in [4.78, 5) is 26.6. The summed E-state index contributed by atoms with van der Waals surface area (Å²) in [5.41, 5.74) is 7.59. The van der Waals surface area contributed by atoms with E-state index >= 15 is 0 Å². The molecule has 3 amide bonds. The van der Waals surface area contributed by atoms with E-state index in [1.54, 1.807) is 52.2 Å². The monoisotopic (exact) mass is 527 g/mol. The van der Waals surface area contributed by atoms with Gasteiger partial charge in [-0.15, -0.1) is 5.10 Å². The molecule has 12 heteroatoms. The highest BCUT2D eigenvalue weighted by molar-refractivity contribution is 6.30. The molecule has 2 heterocycles. The minimum Gasteiger partial charge on any atom is -0.490 e. The van der Waals surface area contributed by atoms with Crippen LogP contribution in [0.4, 0.5) is 10.5 Å². The molecule has 1 aliphatic heterocycles. The quantitative estimate of drug-likeness (QED) is 0.295. The first kappa shape index (κ1) is 26.2. The number of nitrogen functional groups attached to an aromatic ring is 1. The predicted octanol–water partition coefficient (Wildman–Crippen LogP) is 2.12. The van der Waals surface area contributed by atoms with Crippen molar-refractivity contribution in [1.29, 1.82) is 0 Å². The molecule has 37 heavy (non-hydrogen) atoms. The average molecular weight is 528 g/mol. The summed E-state index contributed by atoms with van der Waals surface area (Å²) in [7, 11) is 0. The van der Waals surface area contributed by atoms with E-state index in [4.69, 9.17) is 22.1 Å². The third kappa shape index (κ3) is 7.58. The molecule has 0 bridgehead atoms. The van der Waals surface area contributed by atoms with E-state index in [1.807, 2.05) is 12.1 Å². The van der Waals surface area contributed by atoms with Gasteiger partial charge in [0.1, 0.15) is 24.2 Å². The lowest BCUT2D eigenvalue weighted by Gasteiger charge is -2.24. The molecule has 0 saturated carbocycles. The number of rotatable bonds is 10. The smallest absolute Gasteiger partial charge is 0.315 e. The maximum Gasteiger partial charge on any atom is 0.315 e. The summed E-state index contributed by atoms with van der Waals surface area (Å²) in [6.07, 6.45) is 2.35. The van der Waals surface area contributed by atoms with E-state index in [-0.39, 0.29) is 25.1 Å². The fourth-order valence-electron chi connectivity index (χ4n) is 4.08. The summed E-state index contributed by atoms with van der Waals surface area (Å²) in [6.45, 7) is 1.27. The topological polar surface area (TPSA) is 148 Å². The summed E-state index contributed by atoms with van der Waals surface area (Å²) in [5, 5.41) is 24.5. The van der Waals surface area contributed by atoms with Crippen molar-refractivity contribution < 1.29 is 19.4 Å².